The van der Waals surface area contributed by atoms with Gasteiger partial charge in [0.05, 0.1) is 5.56 Å². The molecule has 16 heavy (non-hydrogen) atoms. The lowest BCUT2D eigenvalue weighted by atomic mass is 10.2. The molecule has 2 aromatic rings. The number of hydrogen-bond donors (Lipinski definition) is 0. The van der Waals surface area contributed by atoms with Gasteiger partial charge in [-0.15, -0.1) is 0 Å². The Bertz CT molecular complexity index is 537. The van der Waals surface area contributed by atoms with Crippen molar-refractivity contribution < 1.29 is 4.39 Å². The molecule has 0 fully saturated rings. The number of hydrogen-bond acceptors (Lipinski definition) is 4. The Morgan fingerprint density at radius 2 is 2.19 bits per heavy atom. The van der Waals surface area contributed by atoms with Crippen molar-refractivity contribution in [1.29, 1.82) is 5.26 Å². The van der Waals surface area contributed by atoms with E-state index in [0.29, 0.717) is 10.5 Å². The van der Waals surface area contributed by atoms with Crippen LogP contribution in [0.4, 0.5) is 4.39 Å². The molecule has 1 aromatic carbocycles. The SMILES string of the molecule is N#Cc1cc(F)ccc1Sc1ccncn1. The summed E-state index contributed by atoms with van der Waals surface area (Å²) >= 11 is 1.31. The van der Waals surface area contributed by atoms with Gasteiger partial charge < -0.3 is 0 Å². The van der Waals surface area contributed by atoms with Gasteiger partial charge in [0.25, 0.3) is 0 Å². The lowest BCUT2D eigenvalue weighted by molar-refractivity contribution is 0.626. The van der Waals surface area contributed by atoms with Gasteiger partial charge in [0.2, 0.25) is 0 Å². The monoisotopic (exact) mass is 231 g/mol. The van der Waals surface area contributed by atoms with Gasteiger partial charge in [0.15, 0.2) is 0 Å². The topological polar surface area (TPSA) is 49.6 Å². The van der Waals surface area contributed by atoms with Gasteiger partial charge in [-0.2, -0.15) is 5.26 Å². The molecule has 0 atom stereocenters. The van der Waals surface area contributed by atoms with Crippen LogP contribution in [0.3, 0.4) is 0 Å². The molecule has 78 valence electrons. The van der Waals surface area contributed by atoms with Crippen molar-refractivity contribution >= 4 is 11.8 Å². The maximum Gasteiger partial charge on any atom is 0.124 e. The van der Waals surface area contributed by atoms with E-state index in [1.54, 1.807) is 18.3 Å². The molecule has 0 spiro atoms. The molecule has 5 heteroatoms. The average Bonchev–Trinajstić information content (AvgIpc) is 2.33. The molecule has 0 radical (unpaired) electrons. The normalized spacial score (nSPS) is 9.75. The number of benzene rings is 1. The molecule has 0 saturated carbocycles. The Kier molecular flexibility index (Phi) is 3.13. The van der Waals surface area contributed by atoms with Crippen LogP contribution in [-0.2, 0) is 0 Å². The standard InChI is InChI=1S/C11H6FN3S/c12-9-1-2-10(8(5-9)6-13)16-11-3-4-14-7-15-11/h1-5,7H. The van der Waals surface area contributed by atoms with Crippen molar-refractivity contribution in [3.63, 3.8) is 0 Å². The van der Waals surface area contributed by atoms with Crippen LogP contribution in [-0.4, -0.2) is 9.97 Å². The molecule has 0 amide bonds. The summed E-state index contributed by atoms with van der Waals surface area (Å²) < 4.78 is 12.9. The fourth-order valence-electron chi connectivity index (χ4n) is 1.13. The van der Waals surface area contributed by atoms with Crippen LogP contribution < -0.4 is 0 Å². The van der Waals surface area contributed by atoms with Gasteiger partial charge >= 0.3 is 0 Å². The lowest BCUT2D eigenvalue weighted by Crippen LogP contribution is -1.85. The van der Waals surface area contributed by atoms with Crippen LogP contribution in [0, 0.1) is 17.1 Å². The zero-order chi connectivity index (χ0) is 11.4. The molecule has 0 aliphatic carbocycles. The summed E-state index contributed by atoms with van der Waals surface area (Å²) in [6.45, 7) is 0. The average molecular weight is 231 g/mol. The molecule has 0 aliphatic heterocycles. The molecular weight excluding hydrogens is 225 g/mol. The highest BCUT2D eigenvalue weighted by atomic mass is 32.2. The first kappa shape index (κ1) is 10.6. The van der Waals surface area contributed by atoms with E-state index in [0.717, 1.165) is 5.03 Å². The highest BCUT2D eigenvalue weighted by molar-refractivity contribution is 7.99. The second-order valence-corrected chi connectivity index (χ2v) is 3.96. The Morgan fingerprint density at radius 3 is 2.88 bits per heavy atom. The Labute approximate surface area is 96.0 Å². The van der Waals surface area contributed by atoms with E-state index >= 15 is 0 Å². The van der Waals surface area contributed by atoms with E-state index in [-0.39, 0.29) is 0 Å². The Morgan fingerprint density at radius 1 is 1.31 bits per heavy atom. The number of halogens is 1. The minimum Gasteiger partial charge on any atom is -0.245 e. The lowest BCUT2D eigenvalue weighted by Gasteiger charge is -2.02. The van der Waals surface area contributed by atoms with Crippen LogP contribution in [0.2, 0.25) is 0 Å². The largest absolute Gasteiger partial charge is 0.245 e. The van der Waals surface area contributed by atoms with E-state index in [4.69, 9.17) is 5.26 Å². The minimum atomic E-state index is -0.413. The van der Waals surface area contributed by atoms with Crippen LogP contribution in [0.5, 0.6) is 0 Å². The van der Waals surface area contributed by atoms with Gasteiger partial charge in [0.1, 0.15) is 23.2 Å². The molecule has 0 N–H and O–H groups in total. The predicted octanol–water partition coefficient (Wildman–Crippen LogP) is 2.64. The fourth-order valence-corrected chi connectivity index (χ4v) is 1.93. The summed E-state index contributed by atoms with van der Waals surface area (Å²) in [6.07, 6.45) is 3.04. The van der Waals surface area contributed by atoms with Crippen LogP contribution in [0.25, 0.3) is 0 Å². The fraction of sp³-hybridized carbons (Fsp3) is 0. The second kappa shape index (κ2) is 4.73. The third-order valence-electron chi connectivity index (χ3n) is 1.83. The number of nitriles is 1. The van der Waals surface area contributed by atoms with Gasteiger partial charge in [-0.3, -0.25) is 0 Å². The van der Waals surface area contributed by atoms with E-state index in [1.807, 2.05) is 6.07 Å². The minimum absolute atomic E-state index is 0.309. The molecule has 0 unspecified atom stereocenters. The van der Waals surface area contributed by atoms with Gasteiger partial charge in [-0.25, -0.2) is 14.4 Å². The summed E-state index contributed by atoms with van der Waals surface area (Å²) in [5.41, 5.74) is 0.309. The first-order valence-corrected chi connectivity index (χ1v) is 5.25. The number of aromatic nitrogens is 2. The highest BCUT2D eigenvalue weighted by Crippen LogP contribution is 2.28. The second-order valence-electron chi connectivity index (χ2n) is 2.90. The van der Waals surface area contributed by atoms with Gasteiger partial charge in [0, 0.05) is 11.1 Å². The number of rotatable bonds is 2. The van der Waals surface area contributed by atoms with Crippen molar-refractivity contribution in [3.8, 4) is 6.07 Å². The molecule has 0 bridgehead atoms. The zero-order valence-electron chi connectivity index (χ0n) is 8.09. The summed E-state index contributed by atoms with van der Waals surface area (Å²) in [6, 6.07) is 7.79. The van der Waals surface area contributed by atoms with Crippen LogP contribution in [0.1, 0.15) is 5.56 Å². The summed E-state index contributed by atoms with van der Waals surface area (Å²) in [5, 5.41) is 9.58. The van der Waals surface area contributed by atoms with Gasteiger partial charge in [-0.05, 0) is 24.3 Å². The zero-order valence-corrected chi connectivity index (χ0v) is 8.91. The van der Waals surface area contributed by atoms with E-state index in [1.165, 1.54) is 30.2 Å². The molecule has 3 nitrogen and oxygen atoms in total. The molecule has 1 heterocycles. The van der Waals surface area contributed by atoms with Crippen LogP contribution >= 0.6 is 11.8 Å². The predicted molar refractivity (Wildman–Crippen MR) is 57.3 cm³/mol. The summed E-state index contributed by atoms with van der Waals surface area (Å²) in [5.74, 6) is -0.413. The first-order chi connectivity index (χ1) is 7.79. The van der Waals surface area contributed by atoms with Crippen LogP contribution in [0.15, 0.2) is 46.7 Å². The third-order valence-corrected chi connectivity index (χ3v) is 2.86. The highest BCUT2D eigenvalue weighted by Gasteiger charge is 2.06. The van der Waals surface area contributed by atoms with Crippen molar-refractivity contribution in [3.05, 3.63) is 48.2 Å². The third kappa shape index (κ3) is 2.35. The number of nitrogens with zero attached hydrogens (tertiary/aromatic N) is 3. The molecule has 0 saturated heterocycles. The van der Waals surface area contributed by atoms with E-state index in [2.05, 4.69) is 9.97 Å². The van der Waals surface area contributed by atoms with Crippen molar-refractivity contribution in [2.24, 2.45) is 0 Å². The summed E-state index contributed by atoms with van der Waals surface area (Å²) in [4.78, 5) is 8.50. The van der Waals surface area contributed by atoms with Crippen molar-refractivity contribution in [2.75, 3.05) is 0 Å². The maximum absolute atomic E-state index is 12.9. The smallest absolute Gasteiger partial charge is 0.124 e. The maximum atomic E-state index is 12.9. The summed E-state index contributed by atoms with van der Waals surface area (Å²) in [7, 11) is 0. The molecule has 1 aromatic heterocycles. The first-order valence-electron chi connectivity index (χ1n) is 4.43. The Balaban J connectivity index is 2.32. The van der Waals surface area contributed by atoms with Crippen molar-refractivity contribution in [1.82, 2.24) is 9.97 Å². The molecule has 0 aliphatic rings. The Hall–Kier alpha value is -1.93. The van der Waals surface area contributed by atoms with E-state index < -0.39 is 5.82 Å². The van der Waals surface area contributed by atoms with E-state index in [9.17, 15) is 4.39 Å². The molecular formula is C11H6FN3S. The molecule has 2 rings (SSSR count). The van der Waals surface area contributed by atoms with Gasteiger partial charge in [-0.1, -0.05) is 11.8 Å². The quantitative estimate of drug-likeness (QED) is 0.745. The van der Waals surface area contributed by atoms with Crippen molar-refractivity contribution in [2.45, 2.75) is 9.92 Å².